The predicted molar refractivity (Wildman–Crippen MR) is 299 cm³/mol. The Labute approximate surface area is 472 Å². The number of esters is 1. The van der Waals surface area contributed by atoms with E-state index in [9.17, 15) is 52.7 Å². The normalized spacial score (nSPS) is 15.3. The van der Waals surface area contributed by atoms with Gasteiger partial charge in [-0.2, -0.15) is 0 Å². The smallest absolute Gasteiger partial charge is 0.408 e. The molecule has 80 heavy (non-hydrogen) atoms. The number of alkyl carbamates (subject to hydrolysis) is 1. The number of benzene rings is 1. The first-order chi connectivity index (χ1) is 36.7. The van der Waals surface area contributed by atoms with E-state index in [2.05, 4.69) is 53.2 Å². The van der Waals surface area contributed by atoms with Gasteiger partial charge in [0.15, 0.2) is 0 Å². The SMILES string of the molecule is CC[C@H](C)[C@H](NC(=O)C(C)(C)NC(=O)[C@@H](NC(=O)CNC(=O)OC(C)(C)C)C(C)C)C(=O)N[C@@H](C)C(=O)N[C@H](C(=O)NC(C)(C)C(=O)N[C@H](C(=O)N[C@H](C(=O)NC(C)(C)C(=O)OC)C(C)C)[C@@H](C)CC)[C@@H](C)OCc1ccccc1. The molecule has 24 nitrogen and oxygen atoms in total. The van der Waals surface area contributed by atoms with Gasteiger partial charge in [0.1, 0.15) is 65.0 Å². The van der Waals surface area contributed by atoms with Crippen LogP contribution in [0.4, 0.5) is 4.79 Å². The van der Waals surface area contributed by atoms with Gasteiger partial charge < -0.3 is 67.4 Å². The van der Waals surface area contributed by atoms with Crippen molar-refractivity contribution in [2.45, 2.75) is 216 Å². The molecule has 0 fully saturated rings. The maximum absolute atomic E-state index is 14.4. The van der Waals surface area contributed by atoms with Crippen molar-refractivity contribution in [3.8, 4) is 0 Å². The van der Waals surface area contributed by atoms with Crippen LogP contribution in [0.15, 0.2) is 30.3 Å². The van der Waals surface area contributed by atoms with Gasteiger partial charge in [0.25, 0.3) is 0 Å². The molecular weight excluding hydrogens is 1040 g/mol. The first-order valence-corrected chi connectivity index (χ1v) is 27.2. The first kappa shape index (κ1) is 71.2. The molecule has 0 heterocycles. The number of carbonyl (C=O) groups excluding carboxylic acids is 11. The van der Waals surface area contributed by atoms with E-state index < -0.39 is 160 Å². The van der Waals surface area contributed by atoms with Crippen LogP contribution in [0.1, 0.15) is 150 Å². The van der Waals surface area contributed by atoms with E-state index in [-0.39, 0.29) is 6.61 Å². The number of amides is 10. The number of nitrogens with one attached hydrogen (secondary N) is 10. The van der Waals surface area contributed by atoms with Gasteiger partial charge in [0.05, 0.1) is 19.8 Å². The minimum Gasteiger partial charge on any atom is -0.467 e. The average Bonchev–Trinajstić information content (AvgIpc) is 3.35. The molecule has 0 unspecified atom stereocenters. The van der Waals surface area contributed by atoms with Crippen molar-refractivity contribution < 1.29 is 67.0 Å². The van der Waals surface area contributed by atoms with E-state index in [1.165, 1.54) is 62.5 Å². The molecule has 0 bridgehead atoms. The van der Waals surface area contributed by atoms with Crippen molar-refractivity contribution in [1.82, 2.24) is 53.2 Å². The lowest BCUT2D eigenvalue weighted by atomic mass is 9.94. The summed E-state index contributed by atoms with van der Waals surface area (Å²) in [6, 6.07) is 1.50. The van der Waals surface area contributed by atoms with Gasteiger partial charge in [-0.05, 0) is 105 Å². The van der Waals surface area contributed by atoms with E-state index in [4.69, 9.17) is 14.2 Å². The third-order valence-electron chi connectivity index (χ3n) is 13.2. The van der Waals surface area contributed by atoms with Crippen LogP contribution in [-0.4, -0.2) is 143 Å². The number of rotatable bonds is 30. The van der Waals surface area contributed by atoms with E-state index in [1.807, 2.05) is 6.07 Å². The quantitative estimate of drug-likeness (QED) is 0.0495. The van der Waals surface area contributed by atoms with Gasteiger partial charge in [-0.25, -0.2) is 9.59 Å². The molecule has 0 spiro atoms. The van der Waals surface area contributed by atoms with Crippen molar-refractivity contribution in [3.05, 3.63) is 35.9 Å². The summed E-state index contributed by atoms with van der Waals surface area (Å²) in [5, 5.41) is 26.3. The van der Waals surface area contributed by atoms with Crippen LogP contribution in [0.5, 0.6) is 0 Å². The van der Waals surface area contributed by atoms with Crippen molar-refractivity contribution in [2.24, 2.45) is 23.7 Å². The lowest BCUT2D eigenvalue weighted by Crippen LogP contribution is -2.65. The summed E-state index contributed by atoms with van der Waals surface area (Å²) in [7, 11) is 1.18. The third kappa shape index (κ3) is 23.1. The predicted octanol–water partition coefficient (Wildman–Crippen LogP) is 2.31. The Morgan fingerprint density at radius 1 is 0.487 bits per heavy atom. The highest BCUT2D eigenvalue weighted by molar-refractivity contribution is 6.00. The Morgan fingerprint density at radius 3 is 1.32 bits per heavy atom. The Morgan fingerprint density at radius 2 is 0.900 bits per heavy atom. The summed E-state index contributed by atoms with van der Waals surface area (Å²) >= 11 is 0. The van der Waals surface area contributed by atoms with E-state index in [0.29, 0.717) is 12.8 Å². The van der Waals surface area contributed by atoms with Gasteiger partial charge in [-0.3, -0.25) is 43.2 Å². The van der Waals surface area contributed by atoms with Crippen molar-refractivity contribution >= 4 is 65.2 Å². The number of hydrogen-bond acceptors (Lipinski definition) is 14. The molecular formula is C56H94N10O14. The largest absolute Gasteiger partial charge is 0.467 e. The van der Waals surface area contributed by atoms with Gasteiger partial charge in [0.2, 0.25) is 53.2 Å². The Bertz CT molecular complexity index is 2320. The van der Waals surface area contributed by atoms with E-state index in [1.54, 1.807) is 100 Å². The third-order valence-corrected chi connectivity index (χ3v) is 13.2. The Hall–Kier alpha value is -6.85. The summed E-state index contributed by atoms with van der Waals surface area (Å²) in [5.41, 5.74) is -4.87. The highest BCUT2D eigenvalue weighted by Crippen LogP contribution is 2.17. The highest BCUT2D eigenvalue weighted by atomic mass is 16.6. The van der Waals surface area contributed by atoms with Crippen molar-refractivity contribution in [2.75, 3.05) is 13.7 Å². The second kappa shape index (κ2) is 31.2. The van der Waals surface area contributed by atoms with Crippen LogP contribution in [0.25, 0.3) is 0 Å². The molecule has 10 amide bonds. The van der Waals surface area contributed by atoms with Crippen LogP contribution in [0, 0.1) is 23.7 Å². The first-order valence-electron chi connectivity index (χ1n) is 27.2. The van der Waals surface area contributed by atoms with Crippen LogP contribution in [0.2, 0.25) is 0 Å². The van der Waals surface area contributed by atoms with Crippen LogP contribution >= 0.6 is 0 Å². The zero-order valence-corrected chi connectivity index (χ0v) is 50.8. The van der Waals surface area contributed by atoms with Gasteiger partial charge in [0, 0.05) is 0 Å². The second-order valence-electron chi connectivity index (χ2n) is 23.6. The number of hydrogen-bond donors (Lipinski definition) is 10. The summed E-state index contributed by atoms with van der Waals surface area (Å²) < 4.78 is 16.0. The lowest BCUT2D eigenvalue weighted by Gasteiger charge is -2.34. The number of carbonyl (C=O) groups is 11. The van der Waals surface area contributed by atoms with Crippen LogP contribution in [-0.2, 0) is 68.8 Å². The summed E-state index contributed by atoms with van der Waals surface area (Å²) in [5.74, 6) is -9.38. The molecule has 10 N–H and O–H groups in total. The average molecular weight is 1130 g/mol. The maximum Gasteiger partial charge on any atom is 0.408 e. The molecule has 1 aromatic rings. The minimum absolute atomic E-state index is 0.0201. The minimum atomic E-state index is -1.75. The molecule has 0 aliphatic rings. The fraction of sp³-hybridized carbons (Fsp3) is 0.696. The number of methoxy groups -OCH3 is 1. The summed E-state index contributed by atoms with van der Waals surface area (Å²) in [4.78, 5) is 149. The zero-order chi connectivity index (χ0) is 61.8. The van der Waals surface area contributed by atoms with Gasteiger partial charge in [-0.1, -0.05) is 98.6 Å². The molecule has 1 rings (SSSR count). The van der Waals surface area contributed by atoms with E-state index in [0.717, 1.165) is 5.56 Å². The fourth-order valence-electron chi connectivity index (χ4n) is 7.57. The highest BCUT2D eigenvalue weighted by Gasteiger charge is 2.42. The summed E-state index contributed by atoms with van der Waals surface area (Å²) in [6.45, 7) is 29.7. The van der Waals surface area contributed by atoms with Crippen LogP contribution in [0.3, 0.4) is 0 Å². The second-order valence-corrected chi connectivity index (χ2v) is 23.6. The standard InChI is InChI=1S/C56H94N10O14/c1-21-32(7)40(62-49(74)54(14,15)64-46(71)38(30(3)4)59-37(67)28-57-52(77)80-53(11,12)13)44(69)58-34(9)43(68)61-42(35(10)79-29-36-26-24-23-25-27-36)48(73)65-55(16,17)50(75)63-41(33(8)22-2)45(70)60-39(31(5)6)47(72)66-56(18,19)51(76)78-20/h23-27,30-35,38-42H,21-22,28-29H2,1-20H3,(H,57,77)(H,58,69)(H,59,67)(H,60,70)(H,61,68)(H,62,74)(H,63,75)(H,64,71)(H,65,73)(H,66,72)/t32-,33-,34-,35+,38-,39-,40-,41-,42-/m0/s1. The Balaban J connectivity index is 3.39. The molecule has 0 radical (unpaired) electrons. The van der Waals surface area contributed by atoms with E-state index >= 15 is 0 Å². The zero-order valence-electron chi connectivity index (χ0n) is 50.8. The molecule has 452 valence electrons. The Kier molecular flexibility index (Phi) is 27.8. The monoisotopic (exact) mass is 1130 g/mol. The number of ether oxygens (including phenoxy) is 3. The van der Waals surface area contributed by atoms with Gasteiger partial charge >= 0.3 is 12.1 Å². The van der Waals surface area contributed by atoms with Crippen molar-refractivity contribution in [3.63, 3.8) is 0 Å². The molecule has 9 atom stereocenters. The molecule has 0 saturated heterocycles. The molecule has 0 aromatic heterocycles. The van der Waals surface area contributed by atoms with Gasteiger partial charge in [-0.15, -0.1) is 0 Å². The fourth-order valence-corrected chi connectivity index (χ4v) is 7.57. The molecule has 0 saturated carbocycles. The topological polar surface area (TPSA) is 336 Å². The lowest BCUT2D eigenvalue weighted by molar-refractivity contribution is -0.150. The molecule has 0 aliphatic carbocycles. The molecule has 24 heteroatoms. The maximum atomic E-state index is 14.4. The van der Waals surface area contributed by atoms with Crippen molar-refractivity contribution in [1.29, 1.82) is 0 Å². The molecule has 1 aromatic carbocycles. The summed E-state index contributed by atoms with van der Waals surface area (Å²) in [6.07, 6.45) is -1.07. The van der Waals surface area contributed by atoms with Crippen LogP contribution < -0.4 is 53.2 Å². The molecule has 0 aliphatic heterocycles.